The Hall–Kier alpha value is -2.08. The monoisotopic (exact) mass is 570 g/mol. The van der Waals surface area contributed by atoms with E-state index in [-0.39, 0.29) is 41.4 Å². The third kappa shape index (κ3) is 3.14. The Bertz CT molecular complexity index is 1280. The lowest BCUT2D eigenvalue weighted by Crippen LogP contribution is -2.83. The van der Waals surface area contributed by atoms with Crippen molar-refractivity contribution in [1.29, 1.82) is 0 Å². The minimum Gasteiger partial charge on any atom is -0.454 e. The van der Waals surface area contributed by atoms with Gasteiger partial charge < -0.3 is 34.8 Å². The molecule has 10 nitrogen and oxygen atoms in total. The Morgan fingerprint density at radius 3 is 2.56 bits per heavy atom. The fourth-order valence-electron chi connectivity index (χ4n) is 11.3. The van der Waals surface area contributed by atoms with E-state index in [0.29, 0.717) is 50.9 Å². The average Bonchev–Trinajstić information content (AvgIpc) is 3.37. The predicted octanol–water partition coefficient (Wildman–Crippen LogP) is 1.57. The summed E-state index contributed by atoms with van der Waals surface area (Å²) < 4.78 is 18.5. The van der Waals surface area contributed by atoms with Gasteiger partial charge in [0, 0.05) is 69.2 Å². The maximum Gasteiger partial charge on any atom is 0.340 e. The van der Waals surface area contributed by atoms with Gasteiger partial charge in [-0.05, 0) is 44.4 Å². The molecule has 12 unspecified atom stereocenters. The highest BCUT2D eigenvalue weighted by atomic mass is 16.6. The van der Waals surface area contributed by atoms with E-state index in [1.807, 2.05) is 0 Å². The molecule has 1 spiro atoms. The predicted molar refractivity (Wildman–Crippen MR) is 147 cm³/mol. The molecule has 7 rings (SSSR count). The molecule has 0 radical (unpaired) electrons. The lowest BCUT2D eigenvalue weighted by Gasteiger charge is -2.70. The molecule has 1 amide bonds. The number of para-hydroxylation sites is 1. The van der Waals surface area contributed by atoms with Crippen LogP contribution >= 0.6 is 0 Å². The van der Waals surface area contributed by atoms with Gasteiger partial charge in [-0.2, -0.15) is 0 Å². The molecule has 1 aliphatic heterocycles. The van der Waals surface area contributed by atoms with Gasteiger partial charge in [0.2, 0.25) is 5.91 Å². The molecule has 5 saturated carbocycles. The van der Waals surface area contributed by atoms with Crippen molar-refractivity contribution in [1.82, 2.24) is 4.90 Å². The van der Waals surface area contributed by atoms with Crippen LogP contribution in [-0.2, 0) is 19.0 Å². The maximum atomic E-state index is 13.9. The van der Waals surface area contributed by atoms with Crippen molar-refractivity contribution in [3.05, 3.63) is 29.8 Å². The van der Waals surface area contributed by atoms with E-state index in [4.69, 9.17) is 14.2 Å². The molecule has 1 aromatic carbocycles. The number of esters is 1. The summed E-state index contributed by atoms with van der Waals surface area (Å²) in [4.78, 5) is 28.1. The number of hydrogen-bond donors (Lipinski definition) is 4. The highest BCUT2D eigenvalue weighted by Crippen LogP contribution is 2.79. The highest BCUT2D eigenvalue weighted by molar-refractivity contribution is 6.00. The van der Waals surface area contributed by atoms with Crippen LogP contribution in [0.1, 0.15) is 56.3 Å². The molecule has 0 aromatic heterocycles. The quantitative estimate of drug-likeness (QED) is 0.376. The summed E-state index contributed by atoms with van der Waals surface area (Å²) in [7, 11) is 3.24. The Kier molecular flexibility index (Phi) is 6.07. The van der Waals surface area contributed by atoms with E-state index >= 15 is 0 Å². The van der Waals surface area contributed by atoms with Crippen LogP contribution in [0.2, 0.25) is 0 Å². The van der Waals surface area contributed by atoms with E-state index in [2.05, 4.69) is 17.1 Å². The number of likely N-dealkylation sites (N-methyl/N-ethyl adjacent to an activating group) is 1. The molecule has 6 aliphatic rings. The second-order valence-corrected chi connectivity index (χ2v) is 13.5. The van der Waals surface area contributed by atoms with Crippen molar-refractivity contribution >= 4 is 17.6 Å². The van der Waals surface area contributed by atoms with Crippen molar-refractivity contribution in [2.24, 2.45) is 29.1 Å². The number of nitrogens with one attached hydrogen (secondary N) is 1. The van der Waals surface area contributed by atoms with Crippen molar-refractivity contribution in [3.8, 4) is 0 Å². The van der Waals surface area contributed by atoms with E-state index in [1.54, 1.807) is 38.5 Å². The van der Waals surface area contributed by atoms with Gasteiger partial charge in [0.05, 0.1) is 29.6 Å². The number of nitrogens with zero attached hydrogens (tertiary/aromatic N) is 1. The molecular formula is C31H42N2O8. The summed E-state index contributed by atoms with van der Waals surface area (Å²) in [6.07, 6.45) is 0.660. The maximum absolute atomic E-state index is 13.9. The Morgan fingerprint density at radius 1 is 1.12 bits per heavy atom. The molecule has 4 N–H and O–H groups in total. The van der Waals surface area contributed by atoms with Gasteiger partial charge >= 0.3 is 5.97 Å². The molecule has 41 heavy (non-hydrogen) atoms. The Balaban J connectivity index is 1.36. The van der Waals surface area contributed by atoms with Crippen LogP contribution in [0.5, 0.6) is 0 Å². The number of likely N-dealkylation sites (tertiary alicyclic amines) is 1. The molecule has 10 heteroatoms. The van der Waals surface area contributed by atoms with E-state index in [0.717, 1.165) is 0 Å². The lowest BCUT2D eigenvalue weighted by molar-refractivity contribution is -0.336. The van der Waals surface area contributed by atoms with Crippen molar-refractivity contribution in [3.63, 3.8) is 0 Å². The first-order chi connectivity index (χ1) is 19.5. The fraction of sp³-hybridized carbons (Fsp3) is 0.742. The molecule has 6 fully saturated rings. The van der Waals surface area contributed by atoms with Crippen molar-refractivity contribution < 1.29 is 39.1 Å². The number of anilines is 1. The van der Waals surface area contributed by atoms with Crippen LogP contribution in [0, 0.1) is 29.1 Å². The molecule has 7 bridgehead atoms. The lowest BCUT2D eigenvalue weighted by atomic mass is 9.44. The Morgan fingerprint density at radius 2 is 1.88 bits per heavy atom. The standard InChI is InChI=1S/C31H42N2O8/c1-5-33-15-28(41-27(36)17-8-6-7-9-20(17)32-16(2)34)11-10-24(35)30-22(28)13-19(25(30)33)29(37)14-21(39-3)18-12-23(30)31(29,38)26(18)40-4/h6-9,18-19,21-26,35,37-38H,5,10-15H2,1-4H3,(H,32,34). The number of hydrogen-bond acceptors (Lipinski definition) is 9. The van der Waals surface area contributed by atoms with E-state index < -0.39 is 46.3 Å². The number of fused-ring (bicyclic) bond motifs is 2. The molecule has 224 valence electrons. The number of aliphatic hydroxyl groups is 3. The first-order valence-electron chi connectivity index (χ1n) is 15.1. The molecule has 1 heterocycles. The minimum atomic E-state index is -1.56. The van der Waals surface area contributed by atoms with Crippen molar-refractivity contribution in [2.45, 2.75) is 87.1 Å². The number of aliphatic hydroxyl groups excluding tert-OH is 1. The van der Waals surface area contributed by atoms with Crippen molar-refractivity contribution in [2.75, 3.05) is 32.6 Å². The zero-order chi connectivity index (χ0) is 29.1. The SMILES string of the molecule is CCN1CC2(OC(=O)c3ccccc3NC(C)=O)CCC(O)C34C1C(CC23)C1(O)CC(OC)C2CC4C1(O)C2OC. The average molecular weight is 571 g/mol. The first kappa shape index (κ1) is 27.7. The zero-order valence-corrected chi connectivity index (χ0v) is 24.2. The van der Waals surface area contributed by atoms with Crippen LogP contribution < -0.4 is 5.32 Å². The van der Waals surface area contributed by atoms with Gasteiger partial charge in [0.15, 0.2) is 0 Å². The molecule has 1 aromatic rings. The molecule has 12 atom stereocenters. The summed E-state index contributed by atoms with van der Waals surface area (Å²) in [6.45, 7) is 4.60. The molecule has 5 aliphatic carbocycles. The second-order valence-electron chi connectivity index (χ2n) is 13.5. The number of piperidine rings is 1. The van der Waals surface area contributed by atoms with Gasteiger partial charge in [-0.3, -0.25) is 9.69 Å². The van der Waals surface area contributed by atoms with Crippen LogP contribution in [0.25, 0.3) is 0 Å². The third-order valence-electron chi connectivity index (χ3n) is 12.4. The zero-order valence-electron chi connectivity index (χ0n) is 24.2. The van der Waals surface area contributed by atoms with Crippen LogP contribution in [0.3, 0.4) is 0 Å². The minimum absolute atomic E-state index is 0.125. The second kappa shape index (κ2) is 8.97. The smallest absolute Gasteiger partial charge is 0.340 e. The number of carbonyl (C=O) groups is 2. The van der Waals surface area contributed by atoms with Crippen LogP contribution in [0.4, 0.5) is 5.69 Å². The summed E-state index contributed by atoms with van der Waals surface area (Å²) in [5, 5.41) is 40.2. The summed E-state index contributed by atoms with van der Waals surface area (Å²) >= 11 is 0. The van der Waals surface area contributed by atoms with Gasteiger partial charge in [-0.25, -0.2) is 4.79 Å². The number of methoxy groups -OCH3 is 2. The summed E-state index contributed by atoms with van der Waals surface area (Å²) in [5.74, 6) is -2.00. The number of ether oxygens (including phenoxy) is 3. The van der Waals surface area contributed by atoms with Gasteiger partial charge in [-0.1, -0.05) is 19.1 Å². The van der Waals surface area contributed by atoms with Gasteiger partial charge in [0.1, 0.15) is 16.8 Å². The van der Waals surface area contributed by atoms with Crippen LogP contribution in [-0.4, -0.2) is 101 Å². The van der Waals surface area contributed by atoms with E-state index in [1.165, 1.54) is 6.92 Å². The summed E-state index contributed by atoms with van der Waals surface area (Å²) in [6, 6.07) is 6.66. The first-order valence-corrected chi connectivity index (χ1v) is 15.1. The topological polar surface area (TPSA) is 138 Å². The fourth-order valence-corrected chi connectivity index (χ4v) is 11.3. The third-order valence-corrected chi connectivity index (χ3v) is 12.4. The number of rotatable bonds is 6. The molecule has 1 saturated heterocycles. The number of benzene rings is 1. The molecular weight excluding hydrogens is 528 g/mol. The van der Waals surface area contributed by atoms with Gasteiger partial charge in [0.25, 0.3) is 0 Å². The van der Waals surface area contributed by atoms with Crippen LogP contribution in [0.15, 0.2) is 24.3 Å². The number of carbonyl (C=O) groups excluding carboxylic acids is 2. The van der Waals surface area contributed by atoms with Gasteiger partial charge in [-0.15, -0.1) is 0 Å². The van der Waals surface area contributed by atoms with E-state index in [9.17, 15) is 24.9 Å². The largest absolute Gasteiger partial charge is 0.454 e. The highest BCUT2D eigenvalue weighted by Gasteiger charge is 2.88. The normalized spacial score (nSPS) is 49.0. The number of amides is 1. The Labute approximate surface area is 240 Å². The summed E-state index contributed by atoms with van der Waals surface area (Å²) in [5.41, 5.74) is -4.08.